The Hall–Kier alpha value is -2.11. The van der Waals surface area contributed by atoms with Crippen LogP contribution in [0.25, 0.3) is 0 Å². The third kappa shape index (κ3) is 2.72. The van der Waals surface area contributed by atoms with Gasteiger partial charge in [0.1, 0.15) is 5.69 Å². The van der Waals surface area contributed by atoms with E-state index in [-0.39, 0.29) is 5.91 Å². The van der Waals surface area contributed by atoms with Gasteiger partial charge >= 0.3 is 0 Å². The summed E-state index contributed by atoms with van der Waals surface area (Å²) in [5.74, 6) is -0.104. The standard InChI is InChI=1S/C11H15N5O/c1-8-5-10(16(2)15-8)11(17)13-4-3-9-6-12-7-14-9/h5-7H,3-4H2,1-2H3,(H,12,14)(H,13,17). The Labute approximate surface area is 99.1 Å². The molecule has 0 saturated heterocycles. The third-order valence-electron chi connectivity index (χ3n) is 2.47. The van der Waals surface area contributed by atoms with Gasteiger partial charge in [-0.25, -0.2) is 4.98 Å². The van der Waals surface area contributed by atoms with E-state index in [0.717, 1.165) is 17.8 Å². The molecule has 0 aliphatic rings. The Morgan fingerprint density at radius 1 is 1.59 bits per heavy atom. The number of hydrogen-bond donors (Lipinski definition) is 2. The average Bonchev–Trinajstić information content (AvgIpc) is 2.88. The molecule has 6 nitrogen and oxygen atoms in total. The van der Waals surface area contributed by atoms with Gasteiger partial charge in [0.2, 0.25) is 0 Å². The van der Waals surface area contributed by atoms with Crippen LogP contribution in [0.5, 0.6) is 0 Å². The Morgan fingerprint density at radius 2 is 2.41 bits per heavy atom. The van der Waals surface area contributed by atoms with Gasteiger partial charge in [-0.2, -0.15) is 5.10 Å². The molecule has 0 saturated carbocycles. The quantitative estimate of drug-likeness (QED) is 0.803. The minimum Gasteiger partial charge on any atom is -0.350 e. The van der Waals surface area contributed by atoms with E-state index < -0.39 is 0 Å². The summed E-state index contributed by atoms with van der Waals surface area (Å²) in [6.07, 6.45) is 4.12. The van der Waals surface area contributed by atoms with E-state index in [1.165, 1.54) is 0 Å². The molecule has 0 unspecified atom stereocenters. The molecule has 0 fully saturated rings. The van der Waals surface area contributed by atoms with E-state index in [2.05, 4.69) is 20.4 Å². The Morgan fingerprint density at radius 3 is 3.00 bits per heavy atom. The molecule has 0 aliphatic heterocycles. The van der Waals surface area contributed by atoms with Crippen LogP contribution in [0.3, 0.4) is 0 Å². The zero-order valence-corrected chi connectivity index (χ0v) is 9.90. The highest BCUT2D eigenvalue weighted by molar-refractivity contribution is 5.92. The molecule has 2 N–H and O–H groups in total. The third-order valence-corrected chi connectivity index (χ3v) is 2.47. The molecule has 0 aliphatic carbocycles. The summed E-state index contributed by atoms with van der Waals surface area (Å²) in [5, 5.41) is 6.97. The lowest BCUT2D eigenvalue weighted by Crippen LogP contribution is -2.27. The molecule has 6 heteroatoms. The monoisotopic (exact) mass is 233 g/mol. The SMILES string of the molecule is Cc1cc(C(=O)NCCc2cnc[nH]2)n(C)n1. The Balaban J connectivity index is 1.87. The number of amides is 1. The van der Waals surface area contributed by atoms with Crippen LogP contribution in [0.15, 0.2) is 18.6 Å². The number of aromatic amines is 1. The second-order valence-corrected chi connectivity index (χ2v) is 3.88. The Kier molecular flexibility index (Phi) is 3.22. The number of hydrogen-bond acceptors (Lipinski definition) is 3. The smallest absolute Gasteiger partial charge is 0.269 e. The molecule has 0 atom stereocenters. The maximum Gasteiger partial charge on any atom is 0.269 e. The van der Waals surface area contributed by atoms with Crippen molar-refractivity contribution in [3.63, 3.8) is 0 Å². The number of imidazole rings is 1. The summed E-state index contributed by atoms with van der Waals surface area (Å²) in [4.78, 5) is 18.7. The van der Waals surface area contributed by atoms with Crippen molar-refractivity contribution in [2.45, 2.75) is 13.3 Å². The van der Waals surface area contributed by atoms with Crippen molar-refractivity contribution in [2.75, 3.05) is 6.54 Å². The Bertz CT molecular complexity index is 500. The highest BCUT2D eigenvalue weighted by Crippen LogP contribution is 2.01. The normalized spacial score (nSPS) is 10.5. The van der Waals surface area contributed by atoms with Gasteiger partial charge < -0.3 is 10.3 Å². The van der Waals surface area contributed by atoms with Crippen LogP contribution in [0.2, 0.25) is 0 Å². The number of carbonyl (C=O) groups excluding carboxylic acids is 1. The number of rotatable bonds is 4. The first kappa shape index (κ1) is 11.4. The summed E-state index contributed by atoms with van der Waals surface area (Å²) in [6, 6.07) is 1.77. The summed E-state index contributed by atoms with van der Waals surface area (Å²) in [5.41, 5.74) is 2.42. The highest BCUT2D eigenvalue weighted by atomic mass is 16.2. The maximum absolute atomic E-state index is 11.8. The molecular weight excluding hydrogens is 218 g/mol. The number of nitrogens with zero attached hydrogens (tertiary/aromatic N) is 3. The van der Waals surface area contributed by atoms with Gasteiger partial charge in [0.15, 0.2) is 0 Å². The lowest BCUT2D eigenvalue weighted by atomic mass is 10.3. The predicted molar refractivity (Wildman–Crippen MR) is 62.6 cm³/mol. The average molecular weight is 233 g/mol. The minimum atomic E-state index is -0.104. The van der Waals surface area contributed by atoms with Gasteiger partial charge in [-0.1, -0.05) is 0 Å². The number of H-pyrrole nitrogens is 1. The van der Waals surface area contributed by atoms with E-state index in [0.29, 0.717) is 12.2 Å². The zero-order chi connectivity index (χ0) is 12.3. The van der Waals surface area contributed by atoms with Crippen molar-refractivity contribution >= 4 is 5.91 Å². The van der Waals surface area contributed by atoms with Crippen molar-refractivity contribution in [2.24, 2.45) is 7.05 Å². The molecule has 90 valence electrons. The maximum atomic E-state index is 11.8. The molecular formula is C11H15N5O. The van der Waals surface area contributed by atoms with Crippen LogP contribution in [-0.2, 0) is 13.5 Å². The second kappa shape index (κ2) is 4.82. The van der Waals surface area contributed by atoms with E-state index in [9.17, 15) is 4.79 Å². The molecule has 0 bridgehead atoms. The molecule has 2 aromatic heterocycles. The number of nitrogens with one attached hydrogen (secondary N) is 2. The lowest BCUT2D eigenvalue weighted by Gasteiger charge is -2.03. The van der Waals surface area contributed by atoms with Gasteiger partial charge in [0.25, 0.3) is 5.91 Å². The van der Waals surface area contributed by atoms with Gasteiger partial charge in [0, 0.05) is 31.9 Å². The fraction of sp³-hybridized carbons (Fsp3) is 0.364. The van der Waals surface area contributed by atoms with Gasteiger partial charge in [-0.05, 0) is 13.0 Å². The number of carbonyl (C=O) groups is 1. The predicted octanol–water partition coefficient (Wildman–Crippen LogP) is 0.424. The molecule has 2 rings (SSSR count). The zero-order valence-electron chi connectivity index (χ0n) is 9.90. The highest BCUT2D eigenvalue weighted by Gasteiger charge is 2.10. The van der Waals surface area contributed by atoms with Gasteiger partial charge in [-0.3, -0.25) is 9.48 Å². The molecule has 0 spiro atoms. The van der Waals surface area contributed by atoms with E-state index in [1.54, 1.807) is 30.3 Å². The first-order valence-electron chi connectivity index (χ1n) is 5.43. The molecule has 2 aromatic rings. The summed E-state index contributed by atoms with van der Waals surface area (Å²) in [7, 11) is 1.76. The van der Waals surface area contributed by atoms with Crippen molar-refractivity contribution in [3.05, 3.63) is 35.7 Å². The molecule has 17 heavy (non-hydrogen) atoms. The van der Waals surface area contributed by atoms with Crippen molar-refractivity contribution < 1.29 is 4.79 Å². The van der Waals surface area contributed by atoms with Crippen molar-refractivity contribution in [1.29, 1.82) is 0 Å². The fourth-order valence-corrected chi connectivity index (χ4v) is 1.65. The largest absolute Gasteiger partial charge is 0.350 e. The van der Waals surface area contributed by atoms with Crippen LogP contribution in [-0.4, -0.2) is 32.2 Å². The molecule has 0 aromatic carbocycles. The summed E-state index contributed by atoms with van der Waals surface area (Å²) < 4.78 is 1.58. The molecule has 1 amide bonds. The molecule has 0 radical (unpaired) electrons. The number of aromatic nitrogens is 4. The summed E-state index contributed by atoms with van der Waals surface area (Å²) >= 11 is 0. The van der Waals surface area contributed by atoms with Gasteiger partial charge in [-0.15, -0.1) is 0 Å². The van der Waals surface area contributed by atoms with Gasteiger partial charge in [0.05, 0.1) is 12.0 Å². The number of aryl methyl sites for hydroxylation is 2. The van der Waals surface area contributed by atoms with Crippen LogP contribution < -0.4 is 5.32 Å². The first-order chi connectivity index (χ1) is 8.16. The van der Waals surface area contributed by atoms with Crippen molar-refractivity contribution in [1.82, 2.24) is 25.1 Å². The lowest BCUT2D eigenvalue weighted by molar-refractivity contribution is 0.0944. The van der Waals surface area contributed by atoms with Crippen LogP contribution in [0.4, 0.5) is 0 Å². The van der Waals surface area contributed by atoms with E-state index >= 15 is 0 Å². The van der Waals surface area contributed by atoms with Crippen molar-refractivity contribution in [3.8, 4) is 0 Å². The van der Waals surface area contributed by atoms with E-state index in [1.807, 2.05) is 6.92 Å². The van der Waals surface area contributed by atoms with E-state index in [4.69, 9.17) is 0 Å². The fourth-order valence-electron chi connectivity index (χ4n) is 1.65. The topological polar surface area (TPSA) is 75.6 Å². The van der Waals surface area contributed by atoms with Crippen LogP contribution in [0, 0.1) is 6.92 Å². The summed E-state index contributed by atoms with van der Waals surface area (Å²) in [6.45, 7) is 2.44. The second-order valence-electron chi connectivity index (χ2n) is 3.88. The first-order valence-corrected chi connectivity index (χ1v) is 5.43. The van der Waals surface area contributed by atoms with Crippen LogP contribution >= 0.6 is 0 Å². The molecule has 2 heterocycles. The van der Waals surface area contributed by atoms with Crippen LogP contribution in [0.1, 0.15) is 21.9 Å². The minimum absolute atomic E-state index is 0.104.